The Morgan fingerprint density at radius 1 is 0.714 bits per heavy atom. The van der Waals surface area contributed by atoms with Crippen molar-refractivity contribution in [1.82, 2.24) is 0 Å². The first-order valence-corrected chi connectivity index (χ1v) is 10.9. The van der Waals surface area contributed by atoms with E-state index < -0.39 is 73.0 Å². The summed E-state index contributed by atoms with van der Waals surface area (Å²) in [6.45, 7) is -2.26. The molecule has 0 atom stereocenters. The first kappa shape index (κ1) is 31.3. The minimum absolute atomic E-state index is 0.174. The number of ether oxygens (including phenoxy) is 2. The van der Waals surface area contributed by atoms with Gasteiger partial charge in [0.25, 0.3) is 10.1 Å². The van der Waals surface area contributed by atoms with Crippen LogP contribution < -0.4 is 0 Å². The van der Waals surface area contributed by atoms with Crippen molar-refractivity contribution < 1.29 is 70.4 Å². The van der Waals surface area contributed by atoms with E-state index in [-0.39, 0.29) is 11.3 Å². The molecule has 35 heavy (non-hydrogen) atoms. The number of alkyl halides is 11. The summed E-state index contributed by atoms with van der Waals surface area (Å²) in [5.74, 6) is -14.2. The Morgan fingerprint density at radius 2 is 1.23 bits per heavy atom. The highest BCUT2D eigenvalue weighted by Crippen LogP contribution is 2.53. The number of hydrogen-bond acceptors (Lipinski definition) is 5. The molecule has 0 aromatic heterocycles. The Hall–Kier alpha value is -1.72. The monoisotopic (exact) mass is 556 g/mol. The van der Waals surface area contributed by atoms with Gasteiger partial charge in [-0.25, -0.2) is 0 Å². The Morgan fingerprint density at radius 3 is 1.74 bits per heavy atom. The number of hydrogen-bond donors (Lipinski definition) is 0. The fraction of sp³-hybridized carbons (Fsp3) is 0.667. The molecule has 1 aromatic rings. The molecule has 17 heteroatoms. The zero-order valence-corrected chi connectivity index (χ0v) is 18.5. The average Bonchev–Trinajstić information content (AvgIpc) is 2.70. The van der Waals surface area contributed by atoms with E-state index in [2.05, 4.69) is 13.7 Å². The van der Waals surface area contributed by atoms with E-state index in [1.165, 1.54) is 24.3 Å². The van der Waals surface area contributed by atoms with E-state index in [0.29, 0.717) is 0 Å². The second-order valence-electron chi connectivity index (χ2n) is 7.04. The van der Waals surface area contributed by atoms with Gasteiger partial charge in [-0.05, 0) is 31.9 Å². The fourth-order valence-electron chi connectivity index (χ4n) is 2.26. The number of aryl methyl sites for hydroxylation is 1. The first-order chi connectivity index (χ1) is 15.7. The molecule has 0 aliphatic carbocycles. The van der Waals surface area contributed by atoms with Crippen LogP contribution in [0.4, 0.5) is 48.3 Å². The Bertz CT molecular complexity index is 916. The third kappa shape index (κ3) is 8.15. The topological polar surface area (TPSA) is 61.8 Å². The molecule has 204 valence electrons. The van der Waals surface area contributed by atoms with Crippen molar-refractivity contribution in [3.05, 3.63) is 29.8 Å². The Balaban J connectivity index is 2.44. The van der Waals surface area contributed by atoms with Crippen LogP contribution in [0.3, 0.4) is 0 Å². The van der Waals surface area contributed by atoms with Crippen molar-refractivity contribution in [3.8, 4) is 0 Å². The van der Waals surface area contributed by atoms with Crippen LogP contribution in [0.1, 0.15) is 24.8 Å². The van der Waals surface area contributed by atoms with Crippen LogP contribution in [0, 0.1) is 6.92 Å². The molecule has 0 saturated carbocycles. The van der Waals surface area contributed by atoms with Crippen LogP contribution >= 0.6 is 0 Å². The number of rotatable bonds is 14. The lowest BCUT2D eigenvalue weighted by molar-refractivity contribution is -0.445. The summed E-state index contributed by atoms with van der Waals surface area (Å²) in [6.07, 6.45) is -19.3. The van der Waals surface area contributed by atoms with E-state index in [1.54, 1.807) is 6.92 Å². The molecule has 0 N–H and O–H groups in total. The lowest BCUT2D eigenvalue weighted by Crippen LogP contribution is -2.61. The maximum absolute atomic E-state index is 13.5. The zero-order valence-electron chi connectivity index (χ0n) is 17.7. The largest absolute Gasteiger partial charge is 0.460 e. The minimum atomic E-state index is -7.18. The highest BCUT2D eigenvalue weighted by atomic mass is 32.2. The van der Waals surface area contributed by atoms with Crippen molar-refractivity contribution >= 4 is 10.1 Å². The van der Waals surface area contributed by atoms with Gasteiger partial charge in [-0.1, -0.05) is 17.7 Å². The second kappa shape index (κ2) is 11.1. The molecule has 0 fully saturated rings. The normalized spacial score (nSPS) is 14.4. The fourth-order valence-corrected chi connectivity index (χ4v) is 3.20. The van der Waals surface area contributed by atoms with Gasteiger partial charge in [-0.2, -0.15) is 56.7 Å². The standard InChI is InChI=1S/C18H19F11O5S/c1-12-4-6-13(7-5-12)35(30,31)34-9-3-2-8-14(19,20)32-10-11-33-18(28,29)16(23,24)15(21,22)17(25,26)27/h4-7H,2-3,8-11H2,1H3. The maximum atomic E-state index is 13.5. The molecular formula is C18H19F11O5S. The average molecular weight is 556 g/mol. The molecule has 0 radical (unpaired) electrons. The van der Waals surface area contributed by atoms with E-state index in [0.717, 1.165) is 5.56 Å². The predicted octanol–water partition coefficient (Wildman–Crippen LogP) is 5.92. The van der Waals surface area contributed by atoms with Crippen LogP contribution in [0.2, 0.25) is 0 Å². The molecule has 1 aromatic carbocycles. The van der Waals surface area contributed by atoms with Gasteiger partial charge in [0, 0.05) is 6.42 Å². The summed E-state index contributed by atoms with van der Waals surface area (Å²) >= 11 is 0. The van der Waals surface area contributed by atoms with Gasteiger partial charge < -0.3 is 9.47 Å². The molecule has 0 heterocycles. The number of unbranched alkanes of at least 4 members (excludes halogenated alkanes) is 1. The summed E-state index contributed by atoms with van der Waals surface area (Å²) in [5.41, 5.74) is 0.772. The van der Waals surface area contributed by atoms with Crippen molar-refractivity contribution in [3.63, 3.8) is 0 Å². The summed E-state index contributed by atoms with van der Waals surface area (Å²) in [5, 5.41) is 0. The molecule has 5 nitrogen and oxygen atoms in total. The summed E-state index contributed by atoms with van der Waals surface area (Å²) in [7, 11) is -4.15. The molecule has 1 rings (SSSR count). The van der Waals surface area contributed by atoms with Crippen LogP contribution in [0.5, 0.6) is 0 Å². The predicted molar refractivity (Wildman–Crippen MR) is 95.9 cm³/mol. The van der Waals surface area contributed by atoms with Gasteiger partial charge in [0.15, 0.2) is 0 Å². The molecule has 0 unspecified atom stereocenters. The number of benzene rings is 1. The third-order valence-electron chi connectivity index (χ3n) is 4.21. The van der Waals surface area contributed by atoms with Crippen molar-refractivity contribution in [2.45, 2.75) is 61.3 Å². The van der Waals surface area contributed by atoms with Crippen LogP contribution in [0.15, 0.2) is 29.2 Å². The van der Waals surface area contributed by atoms with E-state index >= 15 is 0 Å². The second-order valence-corrected chi connectivity index (χ2v) is 8.66. The first-order valence-electron chi connectivity index (χ1n) is 9.48. The smallest absolute Gasteiger partial charge is 0.318 e. The van der Waals surface area contributed by atoms with Crippen LogP contribution in [0.25, 0.3) is 0 Å². The highest BCUT2D eigenvalue weighted by molar-refractivity contribution is 7.86. The van der Waals surface area contributed by atoms with E-state index in [4.69, 9.17) is 0 Å². The lowest BCUT2D eigenvalue weighted by atomic mass is 10.1. The van der Waals surface area contributed by atoms with Crippen LogP contribution in [-0.4, -0.2) is 58.5 Å². The molecule has 0 bridgehead atoms. The van der Waals surface area contributed by atoms with Crippen molar-refractivity contribution in [2.24, 2.45) is 0 Å². The maximum Gasteiger partial charge on any atom is 0.460 e. The van der Waals surface area contributed by atoms with Crippen LogP contribution in [-0.2, 0) is 23.8 Å². The zero-order chi connectivity index (χ0) is 27.3. The SMILES string of the molecule is Cc1ccc(S(=O)(=O)OCCCCC(F)(F)OCCOC(F)(F)C(F)(F)C(F)(F)C(F)(F)F)cc1. The molecular weight excluding hydrogens is 537 g/mol. The quantitative estimate of drug-likeness (QED) is 0.162. The Kier molecular flexibility index (Phi) is 9.95. The van der Waals surface area contributed by atoms with Gasteiger partial charge in [0.1, 0.15) is 0 Å². The van der Waals surface area contributed by atoms with Gasteiger partial charge in [-0.15, -0.1) is 0 Å². The molecule has 0 amide bonds. The van der Waals surface area contributed by atoms with Gasteiger partial charge in [0.05, 0.1) is 24.7 Å². The van der Waals surface area contributed by atoms with Gasteiger partial charge in [-0.3, -0.25) is 4.18 Å². The minimum Gasteiger partial charge on any atom is -0.318 e. The summed E-state index contributed by atoms with van der Waals surface area (Å²) in [4.78, 5) is -0.174. The van der Waals surface area contributed by atoms with Crippen molar-refractivity contribution in [2.75, 3.05) is 19.8 Å². The summed E-state index contributed by atoms with van der Waals surface area (Å²) < 4.78 is 176. The lowest BCUT2D eigenvalue weighted by Gasteiger charge is -2.33. The molecule has 0 aliphatic rings. The third-order valence-corrected chi connectivity index (χ3v) is 5.53. The van der Waals surface area contributed by atoms with E-state index in [1.807, 2.05) is 0 Å². The Labute approximate surface area is 192 Å². The van der Waals surface area contributed by atoms with E-state index in [9.17, 15) is 56.7 Å². The molecule has 0 spiro atoms. The molecule has 0 saturated heterocycles. The van der Waals surface area contributed by atoms with Crippen molar-refractivity contribution in [1.29, 1.82) is 0 Å². The highest BCUT2D eigenvalue weighted by Gasteiger charge is 2.82. The van der Waals surface area contributed by atoms with Gasteiger partial charge >= 0.3 is 30.2 Å². The summed E-state index contributed by atoms with van der Waals surface area (Å²) in [6, 6.07) is 5.52. The molecule has 0 aliphatic heterocycles. The van der Waals surface area contributed by atoms with Gasteiger partial charge in [0.2, 0.25) is 0 Å². The number of halogens is 11.